The van der Waals surface area contributed by atoms with Crippen molar-refractivity contribution >= 4 is 16.8 Å². The van der Waals surface area contributed by atoms with E-state index in [1.165, 1.54) is 11.6 Å². The number of hydrogen-bond acceptors (Lipinski definition) is 4. The van der Waals surface area contributed by atoms with Gasteiger partial charge in [-0.1, -0.05) is 36.4 Å². The van der Waals surface area contributed by atoms with Gasteiger partial charge in [-0.15, -0.1) is 0 Å². The number of morpholine rings is 1. The molecule has 1 fully saturated rings. The van der Waals surface area contributed by atoms with Crippen molar-refractivity contribution in [3.05, 3.63) is 82.1 Å². The predicted molar refractivity (Wildman–Crippen MR) is 113 cm³/mol. The monoisotopic (exact) mass is 391 g/mol. The number of carbonyl (C=O) groups excluding carboxylic acids is 1. The molecule has 150 valence electrons. The van der Waals surface area contributed by atoms with Crippen molar-refractivity contribution in [3.63, 3.8) is 0 Å². The number of benzene rings is 2. The first kappa shape index (κ1) is 19.4. The first-order valence-electron chi connectivity index (χ1n) is 9.92. The summed E-state index contributed by atoms with van der Waals surface area (Å²) >= 11 is 0. The molecular weight excluding hydrogens is 366 g/mol. The average molecular weight is 391 g/mol. The number of ether oxygens (including phenoxy) is 1. The Bertz CT molecular complexity index is 1040. The van der Waals surface area contributed by atoms with E-state index in [9.17, 15) is 9.59 Å². The number of nitrogens with zero attached hydrogens (tertiary/aromatic N) is 2. The van der Waals surface area contributed by atoms with Gasteiger partial charge in [0.25, 0.3) is 0 Å². The first-order valence-corrected chi connectivity index (χ1v) is 9.92. The van der Waals surface area contributed by atoms with Crippen LogP contribution in [-0.4, -0.2) is 41.7 Å². The summed E-state index contributed by atoms with van der Waals surface area (Å²) in [5, 5.41) is 3.59. The third-order valence-corrected chi connectivity index (χ3v) is 5.22. The van der Waals surface area contributed by atoms with Gasteiger partial charge in [-0.05, 0) is 23.3 Å². The van der Waals surface area contributed by atoms with Crippen LogP contribution in [0, 0.1) is 0 Å². The number of hydrogen-bond donors (Lipinski definition) is 1. The fraction of sp³-hybridized carbons (Fsp3) is 0.304. The minimum absolute atomic E-state index is 0.0329. The van der Waals surface area contributed by atoms with Crippen LogP contribution in [0.25, 0.3) is 10.9 Å². The van der Waals surface area contributed by atoms with Crippen LogP contribution in [0.2, 0.25) is 0 Å². The second kappa shape index (κ2) is 9.03. The van der Waals surface area contributed by atoms with Gasteiger partial charge in [-0.3, -0.25) is 14.5 Å². The van der Waals surface area contributed by atoms with Crippen LogP contribution in [0.15, 0.2) is 65.6 Å². The molecule has 0 atom stereocenters. The molecule has 0 aliphatic carbocycles. The number of nitrogens with one attached hydrogen (secondary N) is 1. The molecule has 1 amide bonds. The van der Waals surface area contributed by atoms with E-state index < -0.39 is 0 Å². The quantitative estimate of drug-likeness (QED) is 0.699. The minimum Gasteiger partial charge on any atom is -0.379 e. The Balaban J connectivity index is 1.33. The maximum atomic E-state index is 12.4. The fourth-order valence-electron chi connectivity index (χ4n) is 3.59. The molecule has 1 N–H and O–H groups in total. The summed E-state index contributed by atoms with van der Waals surface area (Å²) in [5.41, 5.74) is 3.06. The summed E-state index contributed by atoms with van der Waals surface area (Å²) in [6.07, 6.45) is 1.67. The maximum Gasteiger partial charge on any atom is 0.240 e. The topological polar surface area (TPSA) is 63.6 Å². The summed E-state index contributed by atoms with van der Waals surface area (Å²) in [6.45, 7) is 5.12. The van der Waals surface area contributed by atoms with E-state index in [0.29, 0.717) is 11.9 Å². The zero-order valence-electron chi connectivity index (χ0n) is 16.3. The highest BCUT2D eigenvalue weighted by Gasteiger charge is 2.11. The zero-order valence-corrected chi connectivity index (χ0v) is 16.3. The van der Waals surface area contributed by atoms with Crippen LogP contribution < -0.4 is 10.7 Å². The van der Waals surface area contributed by atoms with Gasteiger partial charge < -0.3 is 14.6 Å². The normalized spacial score (nSPS) is 14.8. The molecule has 4 rings (SSSR count). The van der Waals surface area contributed by atoms with Crippen LogP contribution in [0.3, 0.4) is 0 Å². The molecule has 0 unspecified atom stereocenters. The Morgan fingerprint density at radius 2 is 1.69 bits per heavy atom. The summed E-state index contributed by atoms with van der Waals surface area (Å²) in [4.78, 5) is 26.8. The van der Waals surface area contributed by atoms with Crippen molar-refractivity contribution in [2.24, 2.45) is 0 Å². The molecule has 3 aromatic rings. The number of pyridine rings is 1. The van der Waals surface area contributed by atoms with Gasteiger partial charge in [-0.2, -0.15) is 0 Å². The largest absolute Gasteiger partial charge is 0.379 e. The molecule has 0 radical (unpaired) electrons. The van der Waals surface area contributed by atoms with Gasteiger partial charge in [0.2, 0.25) is 5.91 Å². The molecule has 29 heavy (non-hydrogen) atoms. The molecule has 6 nitrogen and oxygen atoms in total. The van der Waals surface area contributed by atoms with Crippen molar-refractivity contribution in [1.82, 2.24) is 14.8 Å². The van der Waals surface area contributed by atoms with Crippen molar-refractivity contribution < 1.29 is 9.53 Å². The standard InChI is InChI=1S/C23H25N3O3/c27-22-9-10-26(21-4-2-1-3-20(21)22)17-23(28)24-15-18-5-7-19(8-6-18)16-25-11-13-29-14-12-25/h1-10H,11-17H2,(H,24,28). The van der Waals surface area contributed by atoms with E-state index in [1.807, 2.05) is 18.2 Å². The highest BCUT2D eigenvalue weighted by Crippen LogP contribution is 2.11. The number of carbonyl (C=O) groups is 1. The van der Waals surface area contributed by atoms with E-state index in [-0.39, 0.29) is 17.9 Å². The fourth-order valence-corrected chi connectivity index (χ4v) is 3.59. The molecule has 6 heteroatoms. The molecular formula is C23H25N3O3. The SMILES string of the molecule is O=C(Cn1ccc(=O)c2ccccc21)NCc1ccc(CN2CCOCC2)cc1. The summed E-state index contributed by atoms with van der Waals surface area (Å²) in [6, 6.07) is 17.2. The predicted octanol–water partition coefficient (Wildman–Crippen LogP) is 2.15. The average Bonchev–Trinajstić information content (AvgIpc) is 2.76. The molecule has 0 spiro atoms. The minimum atomic E-state index is -0.0869. The maximum absolute atomic E-state index is 12.4. The Morgan fingerprint density at radius 3 is 2.48 bits per heavy atom. The molecule has 1 saturated heterocycles. The van der Waals surface area contributed by atoms with Gasteiger partial charge in [0, 0.05) is 43.8 Å². The molecule has 1 aromatic heterocycles. The Labute approximate surface area is 169 Å². The number of fused-ring (bicyclic) bond motifs is 1. The van der Waals surface area contributed by atoms with E-state index in [1.54, 1.807) is 16.8 Å². The van der Waals surface area contributed by atoms with Crippen LogP contribution in [0.5, 0.6) is 0 Å². The Kier molecular flexibility index (Phi) is 6.03. The molecule has 1 aliphatic rings. The summed E-state index contributed by atoms with van der Waals surface area (Å²) in [7, 11) is 0. The van der Waals surface area contributed by atoms with Crippen LogP contribution in [0.4, 0.5) is 0 Å². The van der Waals surface area contributed by atoms with E-state index in [0.717, 1.165) is 43.9 Å². The lowest BCUT2D eigenvalue weighted by atomic mass is 10.1. The molecule has 2 aromatic carbocycles. The first-order chi connectivity index (χ1) is 14.2. The lowest BCUT2D eigenvalue weighted by molar-refractivity contribution is -0.121. The number of para-hydroxylation sites is 1. The Hall–Kier alpha value is -2.96. The number of amides is 1. The lowest BCUT2D eigenvalue weighted by Gasteiger charge is -2.26. The molecule has 0 saturated carbocycles. The van der Waals surface area contributed by atoms with Gasteiger partial charge in [0.05, 0.1) is 18.7 Å². The van der Waals surface area contributed by atoms with Crippen LogP contribution >= 0.6 is 0 Å². The third kappa shape index (κ3) is 4.91. The molecule has 0 bridgehead atoms. The summed E-state index contributed by atoms with van der Waals surface area (Å²) < 4.78 is 7.19. The number of aromatic nitrogens is 1. The van der Waals surface area contributed by atoms with Gasteiger partial charge in [0.15, 0.2) is 5.43 Å². The molecule has 1 aliphatic heterocycles. The zero-order chi connectivity index (χ0) is 20.1. The molecule has 2 heterocycles. The van der Waals surface area contributed by atoms with Crippen molar-refractivity contribution in [3.8, 4) is 0 Å². The third-order valence-electron chi connectivity index (χ3n) is 5.22. The lowest BCUT2D eigenvalue weighted by Crippen LogP contribution is -2.35. The van der Waals surface area contributed by atoms with Gasteiger partial charge in [-0.25, -0.2) is 0 Å². The van der Waals surface area contributed by atoms with E-state index in [4.69, 9.17) is 4.74 Å². The van der Waals surface area contributed by atoms with Crippen molar-refractivity contribution in [2.45, 2.75) is 19.6 Å². The van der Waals surface area contributed by atoms with E-state index >= 15 is 0 Å². The number of rotatable bonds is 6. The smallest absolute Gasteiger partial charge is 0.240 e. The second-order valence-corrected chi connectivity index (χ2v) is 7.31. The van der Waals surface area contributed by atoms with Crippen molar-refractivity contribution in [2.75, 3.05) is 26.3 Å². The van der Waals surface area contributed by atoms with Gasteiger partial charge >= 0.3 is 0 Å². The van der Waals surface area contributed by atoms with Gasteiger partial charge in [0.1, 0.15) is 6.54 Å². The highest BCUT2D eigenvalue weighted by atomic mass is 16.5. The Morgan fingerprint density at radius 1 is 0.966 bits per heavy atom. The second-order valence-electron chi connectivity index (χ2n) is 7.31. The van der Waals surface area contributed by atoms with Crippen LogP contribution in [0.1, 0.15) is 11.1 Å². The van der Waals surface area contributed by atoms with Crippen LogP contribution in [-0.2, 0) is 29.2 Å². The van der Waals surface area contributed by atoms with E-state index in [2.05, 4.69) is 34.5 Å². The van der Waals surface area contributed by atoms with Crippen molar-refractivity contribution in [1.29, 1.82) is 0 Å². The summed E-state index contributed by atoms with van der Waals surface area (Å²) in [5.74, 6) is -0.0869. The highest BCUT2D eigenvalue weighted by molar-refractivity contribution is 5.82.